The Morgan fingerprint density at radius 3 is 2.50 bits per heavy atom. The van der Waals surface area contributed by atoms with Crippen LogP contribution >= 0.6 is 27.7 Å². The van der Waals surface area contributed by atoms with Crippen molar-refractivity contribution in [2.24, 2.45) is 0 Å². The molecule has 0 radical (unpaired) electrons. The van der Waals surface area contributed by atoms with E-state index < -0.39 is 18.4 Å². The van der Waals surface area contributed by atoms with Crippen LogP contribution in [0.1, 0.15) is 12.0 Å². The number of hydrogen-bond acceptors (Lipinski definition) is 1. The lowest BCUT2D eigenvalue weighted by atomic mass is 10.2. The molecule has 0 saturated heterocycles. The molecule has 0 N–H and O–H groups in total. The highest BCUT2D eigenvalue weighted by molar-refractivity contribution is 9.10. The molecule has 0 amide bonds. The van der Waals surface area contributed by atoms with E-state index in [1.807, 2.05) is 0 Å². The SMILES string of the molecule is Fc1cc(CSCCC(F)(F)F)ccc1Br. The van der Waals surface area contributed by atoms with Crippen LogP contribution in [-0.4, -0.2) is 11.9 Å². The second-order valence-electron chi connectivity index (χ2n) is 3.17. The van der Waals surface area contributed by atoms with E-state index in [9.17, 15) is 17.6 Å². The number of rotatable bonds is 4. The van der Waals surface area contributed by atoms with Crippen molar-refractivity contribution in [3.05, 3.63) is 34.1 Å². The number of benzene rings is 1. The van der Waals surface area contributed by atoms with Crippen LogP contribution < -0.4 is 0 Å². The predicted octanol–water partition coefficient (Wildman–Crippen LogP) is 4.77. The van der Waals surface area contributed by atoms with Gasteiger partial charge < -0.3 is 0 Å². The molecule has 0 aliphatic rings. The molecule has 0 saturated carbocycles. The molecule has 0 fully saturated rings. The van der Waals surface area contributed by atoms with Gasteiger partial charge >= 0.3 is 6.18 Å². The smallest absolute Gasteiger partial charge is 0.206 e. The molecule has 0 unspecified atom stereocenters. The first-order chi connectivity index (χ1) is 7.38. The van der Waals surface area contributed by atoms with Crippen molar-refractivity contribution in [1.29, 1.82) is 0 Å². The Kier molecular flexibility index (Phi) is 5.11. The topological polar surface area (TPSA) is 0 Å². The van der Waals surface area contributed by atoms with Crippen molar-refractivity contribution >= 4 is 27.7 Å². The van der Waals surface area contributed by atoms with E-state index in [4.69, 9.17) is 0 Å². The Hall–Kier alpha value is -0.230. The first-order valence-corrected chi connectivity index (χ1v) is 6.42. The van der Waals surface area contributed by atoms with Gasteiger partial charge in [0, 0.05) is 11.5 Å². The molecule has 0 nitrogen and oxygen atoms in total. The number of alkyl halides is 3. The molecule has 0 bridgehead atoms. The van der Waals surface area contributed by atoms with Gasteiger partial charge in [-0.15, -0.1) is 0 Å². The molecule has 0 aliphatic heterocycles. The highest BCUT2D eigenvalue weighted by atomic mass is 79.9. The Balaban J connectivity index is 2.35. The maximum absolute atomic E-state index is 13.0. The minimum atomic E-state index is -4.11. The van der Waals surface area contributed by atoms with Crippen molar-refractivity contribution in [2.75, 3.05) is 5.75 Å². The maximum atomic E-state index is 13.0. The van der Waals surface area contributed by atoms with Crippen LogP contribution in [0.25, 0.3) is 0 Å². The van der Waals surface area contributed by atoms with E-state index in [1.54, 1.807) is 12.1 Å². The lowest BCUT2D eigenvalue weighted by Crippen LogP contribution is -2.08. The van der Waals surface area contributed by atoms with Gasteiger partial charge in [-0.05, 0) is 33.6 Å². The van der Waals surface area contributed by atoms with Gasteiger partial charge in [-0.25, -0.2) is 4.39 Å². The van der Waals surface area contributed by atoms with Crippen molar-refractivity contribution in [3.8, 4) is 0 Å². The van der Waals surface area contributed by atoms with Crippen molar-refractivity contribution in [1.82, 2.24) is 0 Å². The Bertz CT molecular complexity index is 351. The van der Waals surface area contributed by atoms with Gasteiger partial charge in [0.2, 0.25) is 0 Å². The van der Waals surface area contributed by atoms with Crippen LogP contribution in [0.3, 0.4) is 0 Å². The molecule has 0 aromatic heterocycles. The highest BCUT2D eigenvalue weighted by Gasteiger charge is 2.26. The fraction of sp³-hybridized carbons (Fsp3) is 0.400. The third-order valence-corrected chi connectivity index (χ3v) is 3.46. The Labute approximate surface area is 104 Å². The minimum Gasteiger partial charge on any atom is -0.206 e. The Morgan fingerprint density at radius 1 is 1.25 bits per heavy atom. The van der Waals surface area contributed by atoms with Crippen LogP contribution in [-0.2, 0) is 5.75 Å². The molecule has 0 spiro atoms. The molecule has 0 heterocycles. The van der Waals surface area contributed by atoms with Gasteiger partial charge in [-0.2, -0.15) is 24.9 Å². The summed E-state index contributed by atoms with van der Waals surface area (Å²) in [6.45, 7) is 0. The van der Waals surface area contributed by atoms with E-state index in [0.717, 1.165) is 11.8 Å². The lowest BCUT2D eigenvalue weighted by Gasteiger charge is -2.06. The van der Waals surface area contributed by atoms with Gasteiger partial charge in [-0.1, -0.05) is 6.07 Å². The first-order valence-electron chi connectivity index (χ1n) is 4.47. The van der Waals surface area contributed by atoms with Crippen molar-refractivity contribution < 1.29 is 17.6 Å². The molecule has 16 heavy (non-hydrogen) atoms. The molecule has 1 aromatic carbocycles. The van der Waals surface area contributed by atoms with Gasteiger partial charge in [0.15, 0.2) is 0 Å². The van der Waals surface area contributed by atoms with Crippen molar-refractivity contribution in [2.45, 2.75) is 18.3 Å². The summed E-state index contributed by atoms with van der Waals surface area (Å²) in [6, 6.07) is 4.56. The average molecular weight is 317 g/mol. The zero-order valence-corrected chi connectivity index (χ0v) is 10.6. The van der Waals surface area contributed by atoms with Crippen LogP contribution in [0.2, 0.25) is 0 Å². The molecule has 1 rings (SSSR count). The maximum Gasteiger partial charge on any atom is 0.389 e. The van der Waals surface area contributed by atoms with Crippen molar-refractivity contribution in [3.63, 3.8) is 0 Å². The molecular formula is C10H9BrF4S. The molecule has 0 atom stereocenters. The van der Waals surface area contributed by atoms with E-state index in [1.165, 1.54) is 6.07 Å². The fourth-order valence-corrected chi connectivity index (χ4v) is 2.19. The predicted molar refractivity (Wildman–Crippen MR) is 60.9 cm³/mol. The van der Waals surface area contributed by atoms with Gasteiger partial charge in [0.25, 0.3) is 0 Å². The summed E-state index contributed by atoms with van der Waals surface area (Å²) in [5, 5.41) is 0. The van der Waals surface area contributed by atoms with E-state index >= 15 is 0 Å². The van der Waals surface area contributed by atoms with Gasteiger partial charge in [0.05, 0.1) is 10.9 Å². The lowest BCUT2D eigenvalue weighted by molar-refractivity contribution is -0.129. The minimum absolute atomic E-state index is 0.00117. The van der Waals surface area contributed by atoms with Gasteiger partial charge in [-0.3, -0.25) is 0 Å². The third kappa shape index (κ3) is 5.21. The summed E-state index contributed by atoms with van der Waals surface area (Å²) in [5.41, 5.74) is 0.688. The third-order valence-electron chi connectivity index (χ3n) is 1.78. The molecule has 1 aromatic rings. The molecule has 6 heteroatoms. The number of hydrogen-bond donors (Lipinski definition) is 0. The van der Waals surface area contributed by atoms with E-state index in [0.29, 0.717) is 15.8 Å². The summed E-state index contributed by atoms with van der Waals surface area (Å²) in [7, 11) is 0. The molecule has 0 aliphatic carbocycles. The zero-order valence-electron chi connectivity index (χ0n) is 8.15. The highest BCUT2D eigenvalue weighted by Crippen LogP contribution is 2.24. The van der Waals surface area contributed by atoms with E-state index in [-0.39, 0.29) is 5.75 Å². The summed E-state index contributed by atoms with van der Waals surface area (Å²) >= 11 is 4.15. The second-order valence-corrected chi connectivity index (χ2v) is 5.13. The van der Waals surface area contributed by atoms with Crippen LogP contribution in [0.4, 0.5) is 17.6 Å². The molecule has 90 valence electrons. The molecular weight excluding hydrogens is 308 g/mol. The van der Waals surface area contributed by atoms with E-state index in [2.05, 4.69) is 15.9 Å². The summed E-state index contributed by atoms with van der Waals surface area (Å²) in [6.07, 6.45) is -4.92. The summed E-state index contributed by atoms with van der Waals surface area (Å²) in [4.78, 5) is 0. The first kappa shape index (κ1) is 13.8. The average Bonchev–Trinajstić information content (AvgIpc) is 2.17. The van der Waals surface area contributed by atoms with Crippen LogP contribution in [0, 0.1) is 5.82 Å². The zero-order chi connectivity index (χ0) is 12.2. The fourth-order valence-electron chi connectivity index (χ4n) is 1.01. The summed E-state index contributed by atoms with van der Waals surface area (Å²) in [5.74, 6) is -0.00418. The summed E-state index contributed by atoms with van der Waals surface area (Å²) < 4.78 is 48.9. The second kappa shape index (κ2) is 5.91. The monoisotopic (exact) mass is 316 g/mol. The number of halogens is 5. The normalized spacial score (nSPS) is 11.8. The number of thioether (sulfide) groups is 1. The van der Waals surface area contributed by atoms with Crippen LogP contribution in [0.5, 0.6) is 0 Å². The Morgan fingerprint density at radius 2 is 1.94 bits per heavy atom. The van der Waals surface area contributed by atoms with Gasteiger partial charge in [0.1, 0.15) is 5.82 Å². The quantitative estimate of drug-likeness (QED) is 0.569. The standard InChI is InChI=1S/C10H9BrF4S/c11-8-2-1-7(5-9(8)12)6-16-4-3-10(13,14)15/h1-2,5H,3-4,6H2. The largest absolute Gasteiger partial charge is 0.389 e. The van der Waals surface area contributed by atoms with Crippen LogP contribution in [0.15, 0.2) is 22.7 Å².